The second-order valence-corrected chi connectivity index (χ2v) is 11.9. The summed E-state index contributed by atoms with van der Waals surface area (Å²) in [6.07, 6.45) is 0.847. The molecule has 1 fully saturated rings. The van der Waals surface area contributed by atoms with E-state index in [1.807, 2.05) is 25.1 Å². The van der Waals surface area contributed by atoms with E-state index in [2.05, 4.69) is 15.4 Å². The summed E-state index contributed by atoms with van der Waals surface area (Å²) in [5.74, 6) is 0.791. The summed E-state index contributed by atoms with van der Waals surface area (Å²) in [5.41, 5.74) is 1.56. The first-order valence-electron chi connectivity index (χ1n) is 11.3. The van der Waals surface area contributed by atoms with Gasteiger partial charge >= 0.3 is 0 Å². The second kappa shape index (κ2) is 9.81. The first-order chi connectivity index (χ1) is 17.2. The van der Waals surface area contributed by atoms with Crippen LogP contribution in [-0.4, -0.2) is 53.6 Å². The smallest absolute Gasteiger partial charge is 0.243 e. The number of ether oxygens (including phenoxy) is 1. The lowest BCUT2D eigenvalue weighted by molar-refractivity contribution is -0.120. The molecule has 0 spiro atoms. The predicted octanol–water partition coefficient (Wildman–Crippen LogP) is 4.49. The zero-order valence-corrected chi connectivity index (χ0v) is 22.0. The van der Waals surface area contributed by atoms with Crippen LogP contribution >= 0.6 is 22.9 Å². The van der Waals surface area contributed by atoms with Crippen molar-refractivity contribution in [3.05, 3.63) is 59.2 Å². The Hall–Kier alpha value is -2.99. The number of anilines is 1. The van der Waals surface area contributed by atoms with Gasteiger partial charge in [0.15, 0.2) is 0 Å². The number of nitrogens with zero attached hydrogens (tertiary/aromatic N) is 4. The Morgan fingerprint density at radius 3 is 2.56 bits per heavy atom. The van der Waals surface area contributed by atoms with Crippen LogP contribution < -0.4 is 10.1 Å². The third-order valence-corrected chi connectivity index (χ3v) is 9.28. The summed E-state index contributed by atoms with van der Waals surface area (Å²) < 4.78 is 35.2. The van der Waals surface area contributed by atoms with Crippen molar-refractivity contribution >= 4 is 54.9 Å². The number of methoxy groups -OCH3 is 1. The molecule has 1 amide bonds. The van der Waals surface area contributed by atoms with Crippen LogP contribution in [0.5, 0.6) is 5.75 Å². The summed E-state index contributed by atoms with van der Waals surface area (Å²) >= 11 is 7.33. The maximum Gasteiger partial charge on any atom is 0.243 e. The van der Waals surface area contributed by atoms with E-state index in [-0.39, 0.29) is 29.8 Å². The van der Waals surface area contributed by atoms with E-state index in [0.29, 0.717) is 28.8 Å². The van der Waals surface area contributed by atoms with E-state index in [0.717, 1.165) is 21.7 Å². The number of nitrogens with one attached hydrogen (secondary N) is 1. The molecule has 1 aliphatic rings. The highest BCUT2D eigenvalue weighted by Gasteiger charge is 2.32. The highest BCUT2D eigenvalue weighted by Crippen LogP contribution is 2.31. The van der Waals surface area contributed by atoms with Gasteiger partial charge in [-0.15, -0.1) is 0 Å². The normalized spacial score (nSPS) is 15.3. The van der Waals surface area contributed by atoms with E-state index in [9.17, 15) is 13.2 Å². The number of carbonyl (C=O) groups is 1. The molecular weight excluding hydrogens is 522 g/mol. The lowest BCUT2D eigenvalue weighted by Crippen LogP contribution is -2.41. The summed E-state index contributed by atoms with van der Waals surface area (Å²) in [4.78, 5) is 18.0. The average molecular weight is 546 g/mol. The molecule has 0 unspecified atom stereocenters. The minimum absolute atomic E-state index is 0.164. The number of aryl methyl sites for hydroxylation is 1. The molecule has 1 N–H and O–H groups in total. The molecule has 0 saturated carbocycles. The van der Waals surface area contributed by atoms with E-state index in [4.69, 9.17) is 16.3 Å². The number of thiazole rings is 1. The van der Waals surface area contributed by atoms with Gasteiger partial charge in [0.05, 0.1) is 27.9 Å². The predicted molar refractivity (Wildman–Crippen MR) is 140 cm³/mol. The number of hydrogen-bond donors (Lipinski definition) is 1. The number of halogens is 1. The van der Waals surface area contributed by atoms with E-state index in [1.165, 1.54) is 27.8 Å². The minimum atomic E-state index is -3.63. The van der Waals surface area contributed by atoms with Crippen LogP contribution in [0, 0.1) is 12.8 Å². The van der Waals surface area contributed by atoms with Gasteiger partial charge in [0, 0.05) is 30.1 Å². The molecule has 3 heterocycles. The molecule has 188 valence electrons. The molecule has 36 heavy (non-hydrogen) atoms. The summed E-state index contributed by atoms with van der Waals surface area (Å²) in [7, 11) is -2.01. The van der Waals surface area contributed by atoms with Gasteiger partial charge in [-0.1, -0.05) is 22.9 Å². The summed E-state index contributed by atoms with van der Waals surface area (Å²) in [5, 5.41) is 8.61. The maximum absolute atomic E-state index is 13.1. The largest absolute Gasteiger partial charge is 0.497 e. The lowest BCUT2D eigenvalue weighted by atomic mass is 9.97. The number of piperidine rings is 1. The molecular formula is C24H24ClN5O4S2. The molecule has 0 bridgehead atoms. The number of rotatable bonds is 6. The fourth-order valence-electron chi connectivity index (χ4n) is 4.19. The van der Waals surface area contributed by atoms with Gasteiger partial charge in [-0.05, 0) is 62.2 Å². The van der Waals surface area contributed by atoms with Crippen LogP contribution in [0.1, 0.15) is 18.5 Å². The molecule has 1 aliphatic heterocycles. The van der Waals surface area contributed by atoms with Crippen molar-refractivity contribution in [2.45, 2.75) is 24.7 Å². The maximum atomic E-state index is 13.1. The van der Waals surface area contributed by atoms with Crippen molar-refractivity contribution < 1.29 is 17.9 Å². The SMILES string of the molecule is COc1ccc2nc(-n3nc(C)cc3NC(=O)C3CCN(S(=O)(=O)c4ccc(Cl)cc4)CC3)sc2c1. The number of amides is 1. The van der Waals surface area contributed by atoms with Gasteiger partial charge in [0.2, 0.25) is 21.1 Å². The van der Waals surface area contributed by atoms with Crippen LogP contribution in [-0.2, 0) is 14.8 Å². The van der Waals surface area contributed by atoms with E-state index in [1.54, 1.807) is 30.0 Å². The van der Waals surface area contributed by atoms with Crippen molar-refractivity contribution in [2.24, 2.45) is 5.92 Å². The van der Waals surface area contributed by atoms with Gasteiger partial charge in [0.1, 0.15) is 11.6 Å². The standard InChI is InChI=1S/C24H24ClN5O4S2/c1-15-13-22(30(28-15)24-26-20-8-5-18(34-2)14-21(20)35-24)27-23(31)16-9-11-29(12-10-16)36(32,33)19-6-3-17(25)4-7-19/h3-8,13-14,16H,9-12H2,1-2H3,(H,27,31). The highest BCUT2D eigenvalue weighted by atomic mass is 35.5. The quantitative estimate of drug-likeness (QED) is 0.382. The number of aromatic nitrogens is 3. The topological polar surface area (TPSA) is 106 Å². The van der Waals surface area contributed by atoms with Crippen molar-refractivity contribution in [2.75, 3.05) is 25.5 Å². The zero-order valence-electron chi connectivity index (χ0n) is 19.6. The fourth-order valence-corrected chi connectivity index (χ4v) is 6.74. The highest BCUT2D eigenvalue weighted by molar-refractivity contribution is 7.89. The molecule has 5 rings (SSSR count). The monoisotopic (exact) mass is 545 g/mol. The molecule has 4 aromatic rings. The number of fused-ring (bicyclic) bond motifs is 1. The van der Waals surface area contributed by atoms with Crippen LogP contribution in [0.2, 0.25) is 5.02 Å². The average Bonchev–Trinajstić information content (AvgIpc) is 3.46. The molecule has 0 radical (unpaired) electrons. The molecule has 1 saturated heterocycles. The van der Waals surface area contributed by atoms with Crippen molar-refractivity contribution in [3.63, 3.8) is 0 Å². The minimum Gasteiger partial charge on any atom is -0.497 e. The van der Waals surface area contributed by atoms with Crippen molar-refractivity contribution in [1.29, 1.82) is 0 Å². The Bertz CT molecular complexity index is 1520. The van der Waals surface area contributed by atoms with Gasteiger partial charge in [-0.2, -0.15) is 14.1 Å². The van der Waals surface area contributed by atoms with Crippen LogP contribution in [0.4, 0.5) is 5.82 Å². The fraction of sp³-hybridized carbons (Fsp3) is 0.292. The molecule has 2 aromatic heterocycles. The lowest BCUT2D eigenvalue weighted by Gasteiger charge is -2.30. The van der Waals surface area contributed by atoms with E-state index < -0.39 is 10.0 Å². The molecule has 0 atom stereocenters. The third kappa shape index (κ3) is 4.83. The Morgan fingerprint density at radius 1 is 1.14 bits per heavy atom. The van der Waals surface area contributed by atoms with Crippen LogP contribution in [0.15, 0.2) is 53.4 Å². The third-order valence-electron chi connectivity index (χ3n) is 6.12. The first-order valence-corrected chi connectivity index (χ1v) is 14.0. The molecule has 2 aromatic carbocycles. The Morgan fingerprint density at radius 2 is 1.86 bits per heavy atom. The number of sulfonamides is 1. The van der Waals surface area contributed by atoms with Gasteiger partial charge in [-0.3, -0.25) is 4.79 Å². The molecule has 12 heteroatoms. The van der Waals surface area contributed by atoms with Crippen LogP contribution in [0.3, 0.4) is 0 Å². The summed E-state index contributed by atoms with van der Waals surface area (Å²) in [6, 6.07) is 13.6. The summed E-state index contributed by atoms with van der Waals surface area (Å²) in [6.45, 7) is 2.38. The van der Waals surface area contributed by atoms with Gasteiger partial charge < -0.3 is 10.1 Å². The van der Waals surface area contributed by atoms with Gasteiger partial charge in [-0.25, -0.2) is 13.4 Å². The molecule has 9 nitrogen and oxygen atoms in total. The first kappa shape index (κ1) is 24.7. The Kier molecular flexibility index (Phi) is 6.73. The Balaban J connectivity index is 1.28. The number of carbonyl (C=O) groups excluding carboxylic acids is 1. The Labute approximate surface area is 217 Å². The van der Waals surface area contributed by atoms with Crippen LogP contribution in [0.25, 0.3) is 15.3 Å². The van der Waals surface area contributed by atoms with Crippen molar-refractivity contribution in [1.82, 2.24) is 19.1 Å². The number of hydrogen-bond acceptors (Lipinski definition) is 7. The second-order valence-electron chi connectivity index (χ2n) is 8.53. The van der Waals surface area contributed by atoms with Gasteiger partial charge in [0.25, 0.3) is 0 Å². The van der Waals surface area contributed by atoms with E-state index >= 15 is 0 Å². The molecule has 0 aliphatic carbocycles. The number of benzene rings is 2. The zero-order chi connectivity index (χ0) is 25.4. The van der Waals surface area contributed by atoms with Crippen molar-refractivity contribution in [3.8, 4) is 10.9 Å².